The summed E-state index contributed by atoms with van der Waals surface area (Å²) in [6.07, 6.45) is 0.364. The summed E-state index contributed by atoms with van der Waals surface area (Å²) in [5.41, 5.74) is 2.33. The molecule has 0 aliphatic carbocycles. The Kier molecular flexibility index (Phi) is 6.92. The van der Waals surface area contributed by atoms with Crippen LogP contribution in [0.15, 0.2) is 18.2 Å². The van der Waals surface area contributed by atoms with Crippen molar-refractivity contribution in [1.29, 1.82) is 0 Å². The van der Waals surface area contributed by atoms with Gasteiger partial charge in [-0.1, -0.05) is 12.1 Å². The minimum atomic E-state index is -3.49. The van der Waals surface area contributed by atoms with E-state index < -0.39 is 10.0 Å². The van der Waals surface area contributed by atoms with Gasteiger partial charge in [0.15, 0.2) is 0 Å². The van der Waals surface area contributed by atoms with Crippen molar-refractivity contribution >= 4 is 21.8 Å². The van der Waals surface area contributed by atoms with E-state index in [1.54, 1.807) is 0 Å². The molecule has 8 nitrogen and oxygen atoms in total. The molecule has 0 unspecified atom stereocenters. The van der Waals surface area contributed by atoms with Crippen LogP contribution in [0.1, 0.15) is 24.0 Å². The first-order valence-corrected chi connectivity index (χ1v) is 11.6. The van der Waals surface area contributed by atoms with E-state index >= 15 is 0 Å². The maximum atomic E-state index is 12.6. The third kappa shape index (κ3) is 5.34. The predicted molar refractivity (Wildman–Crippen MR) is 109 cm³/mol. The van der Waals surface area contributed by atoms with Crippen molar-refractivity contribution in [2.75, 3.05) is 51.6 Å². The summed E-state index contributed by atoms with van der Waals surface area (Å²) in [6.45, 7) is 7.42. The van der Waals surface area contributed by atoms with Gasteiger partial charge in [-0.15, -0.1) is 0 Å². The number of hydrogen-bond acceptors (Lipinski definition) is 6. The zero-order valence-electron chi connectivity index (χ0n) is 17.1. The number of carbonyl (C=O) groups excluding carboxylic acids is 2. The Morgan fingerprint density at radius 3 is 2.28 bits per heavy atom. The topological polar surface area (TPSA) is 87.2 Å². The zero-order valence-corrected chi connectivity index (χ0v) is 17.9. The van der Waals surface area contributed by atoms with Gasteiger partial charge in [0.2, 0.25) is 21.8 Å². The number of imide groups is 1. The number of piperazine rings is 1. The van der Waals surface area contributed by atoms with Crippen LogP contribution in [0.3, 0.4) is 0 Å². The molecule has 160 valence electrons. The van der Waals surface area contributed by atoms with E-state index in [1.807, 2.05) is 19.1 Å². The van der Waals surface area contributed by atoms with Crippen molar-refractivity contribution in [1.82, 2.24) is 14.1 Å². The highest BCUT2D eigenvalue weighted by Crippen LogP contribution is 2.20. The smallest absolute Gasteiger partial charge is 0.229 e. The van der Waals surface area contributed by atoms with Crippen molar-refractivity contribution < 1.29 is 22.7 Å². The average Bonchev–Trinajstić information content (AvgIpc) is 3.02. The van der Waals surface area contributed by atoms with Gasteiger partial charge in [0, 0.05) is 52.1 Å². The predicted octanol–water partition coefficient (Wildman–Crippen LogP) is 0.779. The normalized spacial score (nSPS) is 19.2. The molecule has 29 heavy (non-hydrogen) atoms. The van der Waals surface area contributed by atoms with E-state index in [0.717, 1.165) is 22.8 Å². The van der Waals surface area contributed by atoms with Crippen LogP contribution in [-0.4, -0.2) is 86.0 Å². The van der Waals surface area contributed by atoms with Crippen LogP contribution in [0, 0.1) is 13.8 Å². The molecule has 9 heteroatoms. The first kappa shape index (κ1) is 21.7. The third-order valence-electron chi connectivity index (χ3n) is 5.67. The first-order valence-electron chi connectivity index (χ1n) is 10.0. The summed E-state index contributed by atoms with van der Waals surface area (Å²) in [6, 6.07) is 5.99. The summed E-state index contributed by atoms with van der Waals surface area (Å²) in [7, 11) is -3.49. The maximum absolute atomic E-state index is 12.6. The summed E-state index contributed by atoms with van der Waals surface area (Å²) in [5, 5.41) is 0. The zero-order chi connectivity index (χ0) is 21.0. The Hall–Kier alpha value is -1.97. The number of aryl methyl sites for hydroxylation is 1. The number of sulfonamides is 1. The standard InChI is InChI=1S/C20H29N3O5S/c1-16-4-3-5-18(17(16)2)28-14-12-21-8-10-22(11-9-21)29(26,27)15-13-23-19(24)6-7-20(23)25/h3-5H,6-15H2,1-2H3. The number of amides is 2. The van der Waals surface area contributed by atoms with E-state index in [9.17, 15) is 18.0 Å². The molecule has 0 radical (unpaired) electrons. The number of carbonyl (C=O) groups is 2. The van der Waals surface area contributed by atoms with E-state index in [1.165, 1.54) is 9.87 Å². The van der Waals surface area contributed by atoms with Crippen LogP contribution in [0.25, 0.3) is 0 Å². The van der Waals surface area contributed by atoms with Gasteiger partial charge in [0.25, 0.3) is 0 Å². The fourth-order valence-corrected chi connectivity index (χ4v) is 5.00. The molecule has 0 aromatic heterocycles. The Labute approximate surface area is 172 Å². The molecule has 0 saturated carbocycles. The van der Waals surface area contributed by atoms with Gasteiger partial charge in [-0.2, -0.15) is 4.31 Å². The Balaban J connectivity index is 1.41. The fourth-order valence-electron chi connectivity index (χ4n) is 3.60. The second kappa shape index (κ2) is 9.23. The highest BCUT2D eigenvalue weighted by molar-refractivity contribution is 7.89. The lowest BCUT2D eigenvalue weighted by Gasteiger charge is -2.34. The van der Waals surface area contributed by atoms with Crippen molar-refractivity contribution in [3.8, 4) is 5.75 Å². The molecular formula is C20H29N3O5S. The summed E-state index contributed by atoms with van der Waals surface area (Å²) >= 11 is 0. The lowest BCUT2D eigenvalue weighted by molar-refractivity contribution is -0.137. The molecule has 1 aromatic carbocycles. The molecule has 3 rings (SSSR count). The Morgan fingerprint density at radius 2 is 1.62 bits per heavy atom. The lowest BCUT2D eigenvalue weighted by atomic mass is 10.1. The quantitative estimate of drug-likeness (QED) is 0.575. The van der Waals surface area contributed by atoms with Crippen molar-refractivity contribution in [3.63, 3.8) is 0 Å². The van der Waals surface area contributed by atoms with E-state index in [2.05, 4.69) is 17.9 Å². The lowest BCUT2D eigenvalue weighted by Crippen LogP contribution is -2.51. The number of benzene rings is 1. The van der Waals surface area contributed by atoms with Crippen LogP contribution in [0.2, 0.25) is 0 Å². The van der Waals surface area contributed by atoms with Gasteiger partial charge in [0.05, 0.1) is 5.75 Å². The van der Waals surface area contributed by atoms with Crippen LogP contribution in [-0.2, 0) is 19.6 Å². The average molecular weight is 424 g/mol. The minimum absolute atomic E-state index is 0.0517. The minimum Gasteiger partial charge on any atom is -0.492 e. The highest BCUT2D eigenvalue weighted by atomic mass is 32.2. The van der Waals surface area contributed by atoms with Crippen molar-refractivity contribution in [2.24, 2.45) is 0 Å². The first-order chi connectivity index (χ1) is 13.8. The van der Waals surface area contributed by atoms with Gasteiger partial charge >= 0.3 is 0 Å². The molecular weight excluding hydrogens is 394 g/mol. The van der Waals surface area contributed by atoms with Gasteiger partial charge in [-0.25, -0.2) is 8.42 Å². The second-order valence-corrected chi connectivity index (χ2v) is 9.63. The molecule has 0 spiro atoms. The monoisotopic (exact) mass is 423 g/mol. The number of ether oxygens (including phenoxy) is 1. The molecule has 0 atom stereocenters. The Bertz CT molecular complexity index is 847. The third-order valence-corrected chi connectivity index (χ3v) is 7.52. The van der Waals surface area contributed by atoms with Crippen LogP contribution >= 0.6 is 0 Å². The van der Waals surface area contributed by atoms with Crippen molar-refractivity contribution in [2.45, 2.75) is 26.7 Å². The molecule has 2 saturated heterocycles. The molecule has 0 bridgehead atoms. The van der Waals surface area contributed by atoms with Gasteiger partial charge in [-0.3, -0.25) is 19.4 Å². The Morgan fingerprint density at radius 1 is 0.966 bits per heavy atom. The van der Waals surface area contributed by atoms with Crippen LogP contribution < -0.4 is 4.74 Å². The van der Waals surface area contributed by atoms with Crippen molar-refractivity contribution in [3.05, 3.63) is 29.3 Å². The fraction of sp³-hybridized carbons (Fsp3) is 0.600. The van der Waals surface area contributed by atoms with E-state index in [4.69, 9.17) is 4.74 Å². The second-order valence-electron chi connectivity index (χ2n) is 7.54. The number of hydrogen-bond donors (Lipinski definition) is 0. The van der Waals surface area contributed by atoms with E-state index in [0.29, 0.717) is 32.8 Å². The number of rotatable bonds is 8. The van der Waals surface area contributed by atoms with Gasteiger partial charge < -0.3 is 4.74 Å². The van der Waals surface area contributed by atoms with Gasteiger partial charge in [0.1, 0.15) is 12.4 Å². The number of likely N-dealkylation sites (tertiary alicyclic amines) is 1. The largest absolute Gasteiger partial charge is 0.492 e. The number of nitrogens with zero attached hydrogens (tertiary/aromatic N) is 3. The summed E-state index contributed by atoms with van der Waals surface area (Å²) < 4.78 is 32.5. The van der Waals surface area contributed by atoms with E-state index in [-0.39, 0.29) is 37.0 Å². The summed E-state index contributed by atoms with van der Waals surface area (Å²) in [5.74, 6) is 0.121. The maximum Gasteiger partial charge on any atom is 0.229 e. The molecule has 1 aromatic rings. The molecule has 0 N–H and O–H groups in total. The highest BCUT2D eigenvalue weighted by Gasteiger charge is 2.32. The molecule has 2 aliphatic rings. The molecule has 2 heterocycles. The van der Waals surface area contributed by atoms with Gasteiger partial charge in [-0.05, 0) is 31.0 Å². The van der Waals surface area contributed by atoms with Crippen LogP contribution in [0.4, 0.5) is 0 Å². The molecule has 2 aliphatic heterocycles. The molecule has 2 amide bonds. The van der Waals surface area contributed by atoms with Crippen LogP contribution in [0.5, 0.6) is 5.75 Å². The SMILES string of the molecule is Cc1cccc(OCCN2CCN(S(=O)(=O)CCN3C(=O)CCC3=O)CC2)c1C. The molecule has 2 fully saturated rings. The summed E-state index contributed by atoms with van der Waals surface area (Å²) in [4.78, 5) is 26.5.